The largest absolute Gasteiger partial charge is 0.322 e. The van der Waals surface area contributed by atoms with Crippen molar-refractivity contribution in [1.29, 1.82) is 0 Å². The number of anilines is 1. The Morgan fingerprint density at radius 1 is 1.12 bits per heavy atom. The molecule has 1 saturated carbocycles. The van der Waals surface area contributed by atoms with Crippen LogP contribution in [-0.4, -0.2) is 23.4 Å². The van der Waals surface area contributed by atoms with Gasteiger partial charge in [0, 0.05) is 23.1 Å². The van der Waals surface area contributed by atoms with E-state index in [-0.39, 0.29) is 34.5 Å². The Hall–Kier alpha value is -1.86. The second kappa shape index (κ2) is 7.58. The van der Waals surface area contributed by atoms with E-state index in [4.69, 9.17) is 0 Å². The van der Waals surface area contributed by atoms with Crippen molar-refractivity contribution in [2.24, 2.45) is 0 Å². The van der Waals surface area contributed by atoms with Gasteiger partial charge in [0.05, 0.1) is 12.2 Å². The molecule has 3 nitrogen and oxygen atoms in total. The molecule has 0 bridgehead atoms. The van der Waals surface area contributed by atoms with Crippen LogP contribution in [0.1, 0.15) is 18.4 Å². The average molecular weight is 413 g/mol. The maximum absolute atomic E-state index is 13.8. The number of nitrogens with zero attached hydrogens (tertiary/aromatic N) is 1. The van der Waals surface area contributed by atoms with Crippen LogP contribution in [0.2, 0.25) is 0 Å². The fraction of sp³-hybridized carbons (Fsp3) is 0.278. The minimum absolute atomic E-state index is 0.0747. The summed E-state index contributed by atoms with van der Waals surface area (Å²) in [6, 6.07) is 8.22. The SMILES string of the molecule is O=C(CN(Cc1ccc(F)cc1)C1CC1)Nc1c(F)cc(F)cc1Br. The highest BCUT2D eigenvalue weighted by Crippen LogP contribution is 2.29. The monoisotopic (exact) mass is 412 g/mol. The molecule has 2 aromatic rings. The molecule has 1 N–H and O–H groups in total. The van der Waals surface area contributed by atoms with Crippen molar-refractivity contribution in [1.82, 2.24) is 4.90 Å². The average Bonchev–Trinajstić information content (AvgIpc) is 3.37. The Kier molecular flexibility index (Phi) is 5.44. The van der Waals surface area contributed by atoms with Crippen LogP contribution in [0.3, 0.4) is 0 Å². The third-order valence-electron chi connectivity index (χ3n) is 3.98. The summed E-state index contributed by atoms with van der Waals surface area (Å²) in [5.41, 5.74) is 0.819. The molecule has 0 spiro atoms. The maximum Gasteiger partial charge on any atom is 0.238 e. The zero-order valence-electron chi connectivity index (χ0n) is 13.2. The topological polar surface area (TPSA) is 32.3 Å². The lowest BCUT2D eigenvalue weighted by Crippen LogP contribution is -2.34. The van der Waals surface area contributed by atoms with Gasteiger partial charge in [-0.1, -0.05) is 12.1 Å². The number of halogens is 4. The van der Waals surface area contributed by atoms with Crippen molar-refractivity contribution < 1.29 is 18.0 Å². The number of nitrogens with one attached hydrogen (secondary N) is 1. The van der Waals surface area contributed by atoms with Gasteiger partial charge in [-0.2, -0.15) is 0 Å². The minimum Gasteiger partial charge on any atom is -0.322 e. The molecular weight excluding hydrogens is 397 g/mol. The maximum atomic E-state index is 13.8. The van der Waals surface area contributed by atoms with Crippen molar-refractivity contribution in [2.45, 2.75) is 25.4 Å². The lowest BCUT2D eigenvalue weighted by molar-refractivity contribution is -0.117. The Balaban J connectivity index is 1.66. The van der Waals surface area contributed by atoms with Crippen molar-refractivity contribution in [3.05, 3.63) is 63.9 Å². The normalized spacial score (nSPS) is 14.0. The minimum atomic E-state index is -0.836. The summed E-state index contributed by atoms with van der Waals surface area (Å²) in [5, 5.41) is 2.48. The van der Waals surface area contributed by atoms with Gasteiger partial charge in [0.1, 0.15) is 11.6 Å². The van der Waals surface area contributed by atoms with Crippen LogP contribution in [0, 0.1) is 17.5 Å². The van der Waals surface area contributed by atoms with Gasteiger partial charge in [-0.3, -0.25) is 9.69 Å². The molecule has 7 heteroatoms. The Morgan fingerprint density at radius 3 is 2.40 bits per heavy atom. The van der Waals surface area contributed by atoms with Crippen LogP contribution in [0.15, 0.2) is 40.9 Å². The van der Waals surface area contributed by atoms with Crippen LogP contribution in [-0.2, 0) is 11.3 Å². The molecule has 1 fully saturated rings. The predicted octanol–water partition coefficient (Wildman–Crippen LogP) is 4.47. The first-order valence-electron chi connectivity index (χ1n) is 7.85. The molecule has 1 aliphatic rings. The van der Waals surface area contributed by atoms with Gasteiger partial charge < -0.3 is 5.32 Å². The van der Waals surface area contributed by atoms with Gasteiger partial charge >= 0.3 is 0 Å². The first-order chi connectivity index (χ1) is 11.9. The summed E-state index contributed by atoms with van der Waals surface area (Å²) in [5.74, 6) is -2.26. The molecule has 0 aliphatic heterocycles. The number of amides is 1. The van der Waals surface area contributed by atoms with E-state index in [1.165, 1.54) is 12.1 Å². The molecule has 1 aliphatic carbocycles. The van der Waals surface area contributed by atoms with E-state index in [9.17, 15) is 18.0 Å². The molecule has 3 rings (SSSR count). The number of carbonyl (C=O) groups is 1. The molecule has 0 aromatic heterocycles. The van der Waals surface area contributed by atoms with Gasteiger partial charge in [-0.05, 0) is 52.5 Å². The first kappa shape index (κ1) is 17.9. The third-order valence-corrected chi connectivity index (χ3v) is 4.61. The summed E-state index contributed by atoms with van der Waals surface area (Å²) >= 11 is 3.05. The van der Waals surface area contributed by atoms with E-state index in [0.717, 1.165) is 30.5 Å². The zero-order chi connectivity index (χ0) is 18.0. The number of hydrogen-bond acceptors (Lipinski definition) is 2. The first-order valence-corrected chi connectivity index (χ1v) is 8.64. The van der Waals surface area contributed by atoms with Crippen LogP contribution >= 0.6 is 15.9 Å². The summed E-state index contributed by atoms with van der Waals surface area (Å²) < 4.78 is 40.1. The zero-order valence-corrected chi connectivity index (χ0v) is 14.8. The second-order valence-corrected chi connectivity index (χ2v) is 6.91. The number of rotatable bonds is 6. The van der Waals surface area contributed by atoms with Crippen LogP contribution < -0.4 is 5.32 Å². The van der Waals surface area contributed by atoms with E-state index < -0.39 is 11.6 Å². The molecule has 132 valence electrons. The van der Waals surface area contributed by atoms with E-state index in [1.807, 2.05) is 4.90 Å². The van der Waals surface area contributed by atoms with Crippen LogP contribution in [0.5, 0.6) is 0 Å². The molecule has 2 aromatic carbocycles. The lowest BCUT2D eigenvalue weighted by Gasteiger charge is -2.22. The number of benzene rings is 2. The van der Waals surface area contributed by atoms with E-state index in [1.54, 1.807) is 12.1 Å². The van der Waals surface area contributed by atoms with Gasteiger partial charge in [0.25, 0.3) is 0 Å². The van der Waals surface area contributed by atoms with Crippen LogP contribution in [0.25, 0.3) is 0 Å². The fourth-order valence-corrected chi connectivity index (χ4v) is 3.11. The van der Waals surface area contributed by atoms with Crippen molar-refractivity contribution in [3.8, 4) is 0 Å². The smallest absolute Gasteiger partial charge is 0.238 e. The van der Waals surface area contributed by atoms with Gasteiger partial charge in [0.2, 0.25) is 5.91 Å². The molecule has 0 atom stereocenters. The number of carbonyl (C=O) groups excluding carboxylic acids is 1. The van der Waals surface area contributed by atoms with Crippen molar-refractivity contribution in [2.75, 3.05) is 11.9 Å². The summed E-state index contributed by atoms with van der Waals surface area (Å²) in [7, 11) is 0. The number of hydrogen-bond donors (Lipinski definition) is 1. The molecular formula is C18H16BrF3N2O. The Morgan fingerprint density at radius 2 is 1.80 bits per heavy atom. The highest BCUT2D eigenvalue weighted by atomic mass is 79.9. The quantitative estimate of drug-likeness (QED) is 0.758. The van der Waals surface area contributed by atoms with Crippen molar-refractivity contribution >= 4 is 27.5 Å². The predicted molar refractivity (Wildman–Crippen MR) is 92.5 cm³/mol. The highest BCUT2D eigenvalue weighted by molar-refractivity contribution is 9.10. The molecule has 1 amide bonds. The molecule has 0 radical (unpaired) electrons. The fourth-order valence-electron chi connectivity index (χ4n) is 2.60. The van der Waals surface area contributed by atoms with E-state index >= 15 is 0 Å². The molecule has 0 unspecified atom stereocenters. The van der Waals surface area contributed by atoms with Gasteiger partial charge in [-0.15, -0.1) is 0 Å². The molecule has 25 heavy (non-hydrogen) atoms. The van der Waals surface area contributed by atoms with Gasteiger partial charge in [0.15, 0.2) is 5.82 Å². The van der Waals surface area contributed by atoms with Crippen molar-refractivity contribution in [3.63, 3.8) is 0 Å². The summed E-state index contributed by atoms with van der Waals surface area (Å²) in [6.07, 6.45) is 1.98. The van der Waals surface area contributed by atoms with Gasteiger partial charge in [-0.25, -0.2) is 13.2 Å². The highest BCUT2D eigenvalue weighted by Gasteiger charge is 2.30. The standard InChI is InChI=1S/C18H16BrF3N2O/c19-15-7-13(21)8-16(22)18(15)23-17(25)10-24(14-5-6-14)9-11-1-3-12(20)4-2-11/h1-4,7-8,14H,5-6,9-10H2,(H,23,25). The summed E-state index contributed by atoms with van der Waals surface area (Å²) in [6.45, 7) is 0.580. The molecule has 0 heterocycles. The Labute approximate surface area is 152 Å². The van der Waals surface area contributed by atoms with E-state index in [2.05, 4.69) is 21.2 Å². The second-order valence-electron chi connectivity index (χ2n) is 6.06. The summed E-state index contributed by atoms with van der Waals surface area (Å²) in [4.78, 5) is 14.3. The van der Waals surface area contributed by atoms with E-state index in [0.29, 0.717) is 6.54 Å². The molecule has 0 saturated heterocycles. The van der Waals surface area contributed by atoms with Crippen LogP contribution in [0.4, 0.5) is 18.9 Å². The Bertz CT molecular complexity index is 755. The lowest BCUT2D eigenvalue weighted by atomic mass is 10.2. The third kappa shape index (κ3) is 4.83.